The summed E-state index contributed by atoms with van der Waals surface area (Å²) in [4.78, 5) is 12.0. The van der Waals surface area contributed by atoms with E-state index in [1.54, 1.807) is 32.9 Å². The van der Waals surface area contributed by atoms with Gasteiger partial charge >= 0.3 is 6.09 Å². The Morgan fingerprint density at radius 1 is 1.29 bits per heavy atom. The van der Waals surface area contributed by atoms with E-state index in [1.165, 1.54) is 12.1 Å². The minimum atomic E-state index is -3.24. The second kappa shape index (κ2) is 6.44. The Bertz CT molecular complexity index is 588. The van der Waals surface area contributed by atoms with Crippen LogP contribution in [0.1, 0.15) is 32.4 Å². The topological polar surface area (TPSA) is 98.5 Å². The number of hydrogen-bond donors (Lipinski definition) is 2. The number of hydrogen-bond acceptors (Lipinski definition) is 5. The molecule has 1 atom stereocenters. The number of benzene rings is 1. The van der Waals surface area contributed by atoms with Crippen LogP contribution in [-0.4, -0.2) is 32.9 Å². The third-order valence-electron chi connectivity index (χ3n) is 2.64. The van der Waals surface area contributed by atoms with Crippen LogP contribution >= 0.6 is 0 Å². The fraction of sp³-hybridized carbons (Fsp3) is 0.500. The number of amides is 1. The Hall–Kier alpha value is -1.60. The van der Waals surface area contributed by atoms with Gasteiger partial charge in [-0.05, 0) is 38.5 Å². The lowest BCUT2D eigenvalue weighted by Crippen LogP contribution is -2.37. The normalized spacial score (nSPS) is 13.6. The van der Waals surface area contributed by atoms with E-state index in [4.69, 9.17) is 10.5 Å². The van der Waals surface area contributed by atoms with Crippen LogP contribution in [0.5, 0.6) is 0 Å². The Morgan fingerprint density at radius 3 is 2.19 bits per heavy atom. The first-order valence-corrected chi connectivity index (χ1v) is 8.41. The van der Waals surface area contributed by atoms with E-state index in [0.717, 1.165) is 11.8 Å². The molecule has 0 spiro atoms. The van der Waals surface area contributed by atoms with Gasteiger partial charge in [-0.15, -0.1) is 0 Å². The van der Waals surface area contributed by atoms with Crippen LogP contribution in [0.15, 0.2) is 29.2 Å². The zero-order valence-electron chi connectivity index (χ0n) is 12.7. The molecule has 3 N–H and O–H groups in total. The molecule has 1 amide bonds. The van der Waals surface area contributed by atoms with Gasteiger partial charge in [0.15, 0.2) is 9.84 Å². The third-order valence-corrected chi connectivity index (χ3v) is 3.77. The molecule has 1 rings (SSSR count). The van der Waals surface area contributed by atoms with E-state index in [9.17, 15) is 13.2 Å². The summed E-state index contributed by atoms with van der Waals surface area (Å²) in [6, 6.07) is 5.80. The Labute approximate surface area is 125 Å². The van der Waals surface area contributed by atoms with Gasteiger partial charge in [-0.2, -0.15) is 0 Å². The number of alkyl carbamates (subject to hydrolysis) is 1. The third kappa shape index (κ3) is 5.73. The van der Waals surface area contributed by atoms with Gasteiger partial charge in [0.05, 0.1) is 10.9 Å². The van der Waals surface area contributed by atoms with Crippen LogP contribution in [-0.2, 0) is 14.6 Å². The van der Waals surface area contributed by atoms with Gasteiger partial charge in [0, 0.05) is 12.8 Å². The number of rotatable bonds is 4. The van der Waals surface area contributed by atoms with Crippen LogP contribution in [0.2, 0.25) is 0 Å². The highest BCUT2D eigenvalue weighted by atomic mass is 32.2. The van der Waals surface area contributed by atoms with Crippen molar-refractivity contribution in [3.05, 3.63) is 29.8 Å². The lowest BCUT2D eigenvalue weighted by molar-refractivity contribution is 0.0505. The van der Waals surface area contributed by atoms with Gasteiger partial charge in [-0.3, -0.25) is 0 Å². The molecule has 0 aliphatic heterocycles. The highest BCUT2D eigenvalue weighted by Gasteiger charge is 2.20. The number of nitrogens with one attached hydrogen (secondary N) is 1. The lowest BCUT2D eigenvalue weighted by Gasteiger charge is -2.23. The van der Waals surface area contributed by atoms with E-state index in [-0.39, 0.29) is 11.4 Å². The molecular formula is C14H22N2O4S. The van der Waals surface area contributed by atoms with Gasteiger partial charge in [0.2, 0.25) is 0 Å². The zero-order valence-corrected chi connectivity index (χ0v) is 13.5. The van der Waals surface area contributed by atoms with Crippen LogP contribution in [0.3, 0.4) is 0 Å². The summed E-state index contributed by atoms with van der Waals surface area (Å²) >= 11 is 0. The molecule has 1 unspecified atom stereocenters. The summed E-state index contributed by atoms with van der Waals surface area (Å²) in [5.41, 5.74) is 5.78. The van der Waals surface area contributed by atoms with Gasteiger partial charge in [0.1, 0.15) is 5.60 Å². The predicted octanol–water partition coefficient (Wildman–Crippen LogP) is 1.61. The first kappa shape index (κ1) is 17.5. The number of sulfone groups is 1. The molecule has 0 aliphatic carbocycles. The fourth-order valence-corrected chi connectivity index (χ4v) is 2.31. The maximum atomic E-state index is 11.7. The lowest BCUT2D eigenvalue weighted by atomic mass is 10.1. The minimum absolute atomic E-state index is 0.178. The summed E-state index contributed by atoms with van der Waals surface area (Å²) in [6.07, 6.45) is 0.576. The fourth-order valence-electron chi connectivity index (χ4n) is 1.68. The molecule has 0 heterocycles. The van der Waals surface area contributed by atoms with E-state index in [1.807, 2.05) is 0 Å². The van der Waals surface area contributed by atoms with Crippen molar-refractivity contribution < 1.29 is 17.9 Å². The molecule has 1 aromatic rings. The van der Waals surface area contributed by atoms with Gasteiger partial charge in [-0.1, -0.05) is 12.1 Å². The van der Waals surface area contributed by atoms with Crippen LogP contribution in [0.4, 0.5) is 4.79 Å². The highest BCUT2D eigenvalue weighted by molar-refractivity contribution is 7.90. The first-order chi connectivity index (χ1) is 9.53. The number of nitrogens with two attached hydrogens (primary N) is 1. The molecule has 21 heavy (non-hydrogen) atoms. The predicted molar refractivity (Wildman–Crippen MR) is 80.7 cm³/mol. The average Bonchev–Trinajstić information content (AvgIpc) is 2.33. The zero-order chi connectivity index (χ0) is 16.3. The summed E-state index contributed by atoms with van der Waals surface area (Å²) in [7, 11) is -3.24. The van der Waals surface area contributed by atoms with Gasteiger partial charge in [0.25, 0.3) is 0 Å². The number of ether oxygens (including phenoxy) is 1. The molecule has 0 saturated carbocycles. The molecule has 0 radical (unpaired) electrons. The molecule has 6 nitrogen and oxygen atoms in total. The smallest absolute Gasteiger partial charge is 0.408 e. The van der Waals surface area contributed by atoms with E-state index >= 15 is 0 Å². The van der Waals surface area contributed by atoms with Crippen molar-refractivity contribution in [3.8, 4) is 0 Å². The maximum Gasteiger partial charge on any atom is 0.408 e. The standard InChI is InChI=1S/C14H22N2O4S/c1-14(2,3)20-13(17)16-12(9-15)10-5-7-11(8-6-10)21(4,18)19/h5-8,12H,9,15H2,1-4H3,(H,16,17). The summed E-state index contributed by atoms with van der Waals surface area (Å²) < 4.78 is 28.0. The summed E-state index contributed by atoms with van der Waals surface area (Å²) in [5, 5.41) is 2.66. The molecule has 118 valence electrons. The van der Waals surface area contributed by atoms with Crippen molar-refractivity contribution in [3.63, 3.8) is 0 Å². The minimum Gasteiger partial charge on any atom is -0.444 e. The second-order valence-corrected chi connectivity index (χ2v) is 7.79. The first-order valence-electron chi connectivity index (χ1n) is 6.52. The van der Waals surface area contributed by atoms with Crippen molar-refractivity contribution in [2.75, 3.05) is 12.8 Å². The Morgan fingerprint density at radius 2 is 1.81 bits per heavy atom. The quantitative estimate of drug-likeness (QED) is 0.880. The van der Waals surface area contributed by atoms with E-state index in [0.29, 0.717) is 0 Å². The maximum absolute atomic E-state index is 11.7. The van der Waals surface area contributed by atoms with Crippen molar-refractivity contribution >= 4 is 15.9 Å². The summed E-state index contributed by atoms with van der Waals surface area (Å²) in [6.45, 7) is 5.48. The SMILES string of the molecule is CC(C)(C)OC(=O)NC(CN)c1ccc(S(C)(=O)=O)cc1. The second-order valence-electron chi connectivity index (χ2n) is 5.78. The van der Waals surface area contributed by atoms with Crippen molar-refractivity contribution in [1.82, 2.24) is 5.32 Å². The van der Waals surface area contributed by atoms with Crippen LogP contribution in [0, 0.1) is 0 Å². The average molecular weight is 314 g/mol. The number of carbonyl (C=O) groups excluding carboxylic acids is 1. The number of carbonyl (C=O) groups is 1. The molecule has 0 fully saturated rings. The molecule has 0 saturated heterocycles. The van der Waals surface area contributed by atoms with E-state index < -0.39 is 27.6 Å². The molecule has 0 bridgehead atoms. The van der Waals surface area contributed by atoms with Gasteiger partial charge in [-0.25, -0.2) is 13.2 Å². The van der Waals surface area contributed by atoms with Crippen molar-refractivity contribution in [2.45, 2.75) is 37.3 Å². The van der Waals surface area contributed by atoms with Crippen LogP contribution < -0.4 is 11.1 Å². The molecular weight excluding hydrogens is 292 g/mol. The molecule has 0 aromatic heterocycles. The Kier molecular flexibility index (Phi) is 5.36. The van der Waals surface area contributed by atoms with Gasteiger partial charge < -0.3 is 15.8 Å². The van der Waals surface area contributed by atoms with Crippen molar-refractivity contribution in [2.24, 2.45) is 5.73 Å². The van der Waals surface area contributed by atoms with Crippen molar-refractivity contribution in [1.29, 1.82) is 0 Å². The largest absolute Gasteiger partial charge is 0.444 e. The monoisotopic (exact) mass is 314 g/mol. The molecule has 0 aliphatic rings. The van der Waals surface area contributed by atoms with Crippen LogP contribution in [0.25, 0.3) is 0 Å². The Balaban J connectivity index is 2.84. The summed E-state index contributed by atoms with van der Waals surface area (Å²) in [5.74, 6) is 0. The molecule has 7 heteroatoms. The molecule has 1 aromatic carbocycles. The van der Waals surface area contributed by atoms with E-state index in [2.05, 4.69) is 5.32 Å². The highest BCUT2D eigenvalue weighted by Crippen LogP contribution is 2.17.